The van der Waals surface area contributed by atoms with Crippen molar-refractivity contribution in [3.8, 4) is 5.75 Å². The summed E-state index contributed by atoms with van der Waals surface area (Å²) in [5.74, 6) is -0.0480. The molecule has 0 atom stereocenters. The first-order valence-electron chi connectivity index (χ1n) is 7.39. The van der Waals surface area contributed by atoms with Crippen LogP contribution < -0.4 is 4.74 Å². The van der Waals surface area contributed by atoms with Crippen molar-refractivity contribution < 1.29 is 22.7 Å². The largest absolute Gasteiger partial charge is 0.490 e. The van der Waals surface area contributed by atoms with Crippen molar-refractivity contribution in [2.75, 3.05) is 27.3 Å². The summed E-state index contributed by atoms with van der Waals surface area (Å²) in [7, 11) is -0.762. The summed E-state index contributed by atoms with van der Waals surface area (Å²) in [6.45, 7) is 0.178. The maximum atomic E-state index is 12.1. The van der Waals surface area contributed by atoms with Crippen LogP contribution in [0.2, 0.25) is 5.02 Å². The zero-order chi connectivity index (χ0) is 18.4. The predicted octanol–water partition coefficient (Wildman–Crippen LogP) is 2.83. The van der Waals surface area contributed by atoms with Crippen LogP contribution in [0.4, 0.5) is 0 Å². The van der Waals surface area contributed by atoms with Gasteiger partial charge in [-0.15, -0.1) is 0 Å². The molecule has 2 aromatic rings. The van der Waals surface area contributed by atoms with Gasteiger partial charge in [0.1, 0.15) is 19.0 Å². The van der Waals surface area contributed by atoms with Gasteiger partial charge in [-0.1, -0.05) is 23.7 Å². The Bertz CT molecular complexity index is 852. The minimum absolute atomic E-state index is 0.0238. The van der Waals surface area contributed by atoms with Crippen molar-refractivity contribution in [3.05, 3.63) is 59.1 Å². The van der Waals surface area contributed by atoms with E-state index in [2.05, 4.69) is 0 Å². The average Bonchev–Trinajstić information content (AvgIpc) is 2.58. The van der Waals surface area contributed by atoms with Gasteiger partial charge < -0.3 is 9.47 Å². The van der Waals surface area contributed by atoms with Crippen LogP contribution in [-0.4, -0.2) is 46.0 Å². The fourth-order valence-electron chi connectivity index (χ4n) is 1.93. The van der Waals surface area contributed by atoms with Crippen LogP contribution in [-0.2, 0) is 14.8 Å². The smallest absolute Gasteiger partial charge is 0.338 e. The molecular formula is C17H18ClNO5S. The number of halogens is 1. The first kappa shape index (κ1) is 19.2. The summed E-state index contributed by atoms with van der Waals surface area (Å²) in [5.41, 5.74) is 0.158. The van der Waals surface area contributed by atoms with Gasteiger partial charge in [0, 0.05) is 19.1 Å². The van der Waals surface area contributed by atoms with Crippen LogP contribution in [0.15, 0.2) is 53.4 Å². The second kappa shape index (κ2) is 8.33. The van der Waals surface area contributed by atoms with Crippen LogP contribution in [0.5, 0.6) is 5.75 Å². The fourth-order valence-corrected chi connectivity index (χ4v) is 3.06. The van der Waals surface area contributed by atoms with E-state index in [9.17, 15) is 13.2 Å². The molecule has 0 amide bonds. The summed E-state index contributed by atoms with van der Waals surface area (Å²) in [5, 5.41) is 0.549. The number of hydrogen-bond donors (Lipinski definition) is 0. The SMILES string of the molecule is CN(C)S(=O)(=O)c1cccc(C(=O)OCCOc2cccc(Cl)c2)c1. The maximum Gasteiger partial charge on any atom is 0.338 e. The Morgan fingerprint density at radius 1 is 1.08 bits per heavy atom. The minimum atomic E-state index is -3.61. The molecule has 0 N–H and O–H groups in total. The summed E-state index contributed by atoms with van der Waals surface area (Å²) in [6.07, 6.45) is 0. The summed E-state index contributed by atoms with van der Waals surface area (Å²) in [4.78, 5) is 12.1. The molecule has 2 rings (SSSR count). The van der Waals surface area contributed by atoms with Crippen LogP contribution >= 0.6 is 11.6 Å². The van der Waals surface area contributed by atoms with E-state index in [-0.39, 0.29) is 23.7 Å². The monoisotopic (exact) mass is 383 g/mol. The number of carbonyl (C=O) groups is 1. The lowest BCUT2D eigenvalue weighted by atomic mass is 10.2. The summed E-state index contributed by atoms with van der Waals surface area (Å²) < 4.78 is 35.8. The Hall–Kier alpha value is -2.09. The van der Waals surface area contributed by atoms with Gasteiger partial charge in [0.2, 0.25) is 10.0 Å². The van der Waals surface area contributed by atoms with E-state index in [1.54, 1.807) is 24.3 Å². The molecule has 134 valence electrons. The molecule has 0 spiro atoms. The minimum Gasteiger partial charge on any atom is -0.490 e. The highest BCUT2D eigenvalue weighted by Crippen LogP contribution is 2.17. The molecule has 0 saturated carbocycles. The van der Waals surface area contributed by atoms with Crippen LogP contribution in [0.3, 0.4) is 0 Å². The third kappa shape index (κ3) is 5.19. The summed E-state index contributed by atoms with van der Waals surface area (Å²) in [6, 6.07) is 12.6. The molecule has 0 radical (unpaired) electrons. The molecule has 0 unspecified atom stereocenters. The molecule has 0 aliphatic carbocycles. The quantitative estimate of drug-likeness (QED) is 0.543. The van der Waals surface area contributed by atoms with Crippen molar-refractivity contribution in [1.82, 2.24) is 4.31 Å². The first-order valence-corrected chi connectivity index (χ1v) is 9.20. The second-order valence-electron chi connectivity index (χ2n) is 5.26. The number of nitrogens with zero attached hydrogens (tertiary/aromatic N) is 1. The first-order chi connectivity index (χ1) is 11.8. The molecule has 0 fully saturated rings. The van der Waals surface area contributed by atoms with Crippen molar-refractivity contribution >= 4 is 27.6 Å². The molecule has 0 aliphatic heterocycles. The van der Waals surface area contributed by atoms with Crippen molar-refractivity contribution in [2.45, 2.75) is 4.90 Å². The van der Waals surface area contributed by atoms with Gasteiger partial charge in [0.05, 0.1) is 10.5 Å². The molecule has 8 heteroatoms. The van der Waals surface area contributed by atoms with Gasteiger partial charge in [-0.2, -0.15) is 0 Å². The fraction of sp³-hybridized carbons (Fsp3) is 0.235. The third-order valence-corrected chi connectivity index (χ3v) is 5.28. The van der Waals surface area contributed by atoms with Gasteiger partial charge in [-0.3, -0.25) is 0 Å². The number of hydrogen-bond acceptors (Lipinski definition) is 5. The Morgan fingerprint density at radius 2 is 1.80 bits per heavy atom. The lowest BCUT2D eigenvalue weighted by Gasteiger charge is -2.12. The Labute approximate surface area is 152 Å². The predicted molar refractivity (Wildman–Crippen MR) is 94.5 cm³/mol. The normalized spacial score (nSPS) is 11.4. The van der Waals surface area contributed by atoms with Crippen molar-refractivity contribution in [1.29, 1.82) is 0 Å². The van der Waals surface area contributed by atoms with E-state index in [1.165, 1.54) is 38.4 Å². The van der Waals surface area contributed by atoms with E-state index >= 15 is 0 Å². The standard InChI is InChI=1S/C17H18ClNO5S/c1-19(2)25(21,22)16-8-3-5-13(11-16)17(20)24-10-9-23-15-7-4-6-14(18)12-15/h3-8,11-12H,9-10H2,1-2H3. The van der Waals surface area contributed by atoms with Crippen molar-refractivity contribution in [2.24, 2.45) is 0 Å². The van der Waals surface area contributed by atoms with Gasteiger partial charge in [-0.25, -0.2) is 17.5 Å². The molecule has 6 nitrogen and oxygen atoms in total. The number of benzene rings is 2. The lowest BCUT2D eigenvalue weighted by molar-refractivity contribution is 0.0450. The summed E-state index contributed by atoms with van der Waals surface area (Å²) >= 11 is 5.84. The maximum absolute atomic E-state index is 12.1. The van der Waals surface area contributed by atoms with E-state index in [1.807, 2.05) is 0 Å². The highest BCUT2D eigenvalue weighted by Gasteiger charge is 2.19. The Kier molecular flexibility index (Phi) is 6.41. The number of rotatable bonds is 7. The molecule has 0 heterocycles. The van der Waals surface area contributed by atoms with E-state index in [0.29, 0.717) is 10.8 Å². The van der Waals surface area contributed by atoms with Crippen LogP contribution in [0.1, 0.15) is 10.4 Å². The Balaban J connectivity index is 1.93. The van der Waals surface area contributed by atoms with Crippen LogP contribution in [0, 0.1) is 0 Å². The molecule has 0 aliphatic rings. The average molecular weight is 384 g/mol. The molecule has 0 saturated heterocycles. The van der Waals surface area contributed by atoms with Gasteiger partial charge in [0.15, 0.2) is 0 Å². The van der Waals surface area contributed by atoms with Gasteiger partial charge in [0.25, 0.3) is 0 Å². The highest BCUT2D eigenvalue weighted by atomic mass is 35.5. The zero-order valence-corrected chi connectivity index (χ0v) is 15.4. The van der Waals surface area contributed by atoms with E-state index in [4.69, 9.17) is 21.1 Å². The topological polar surface area (TPSA) is 72.9 Å². The molecule has 0 aromatic heterocycles. The number of esters is 1. The third-order valence-electron chi connectivity index (χ3n) is 3.23. The zero-order valence-electron chi connectivity index (χ0n) is 13.8. The molecule has 2 aromatic carbocycles. The number of sulfonamides is 1. The highest BCUT2D eigenvalue weighted by molar-refractivity contribution is 7.89. The van der Waals surface area contributed by atoms with E-state index in [0.717, 1.165) is 4.31 Å². The molecule has 25 heavy (non-hydrogen) atoms. The van der Waals surface area contributed by atoms with Crippen LogP contribution in [0.25, 0.3) is 0 Å². The van der Waals surface area contributed by atoms with E-state index < -0.39 is 16.0 Å². The second-order valence-corrected chi connectivity index (χ2v) is 7.85. The number of ether oxygens (including phenoxy) is 2. The molecular weight excluding hydrogens is 366 g/mol. The van der Waals surface area contributed by atoms with Gasteiger partial charge >= 0.3 is 5.97 Å². The number of carbonyl (C=O) groups excluding carboxylic acids is 1. The van der Waals surface area contributed by atoms with Crippen molar-refractivity contribution in [3.63, 3.8) is 0 Å². The Morgan fingerprint density at radius 3 is 2.48 bits per heavy atom. The molecule has 0 bridgehead atoms. The lowest BCUT2D eigenvalue weighted by Crippen LogP contribution is -2.22. The van der Waals surface area contributed by atoms with Gasteiger partial charge in [-0.05, 0) is 36.4 Å².